The molecular weight excluding hydrogens is 413 g/mol. The van der Waals surface area contributed by atoms with E-state index >= 15 is 0 Å². The molecule has 0 aliphatic carbocycles. The molecule has 0 saturated carbocycles. The number of halogens is 2. The van der Waals surface area contributed by atoms with E-state index in [4.69, 9.17) is 32.7 Å². The number of carbonyl (C=O) groups is 2. The lowest BCUT2D eigenvalue weighted by Crippen LogP contribution is -2.17. The summed E-state index contributed by atoms with van der Waals surface area (Å²) in [4.78, 5) is 23.7. The molecule has 0 bridgehead atoms. The molecule has 1 amide bonds. The molecule has 27 heavy (non-hydrogen) atoms. The summed E-state index contributed by atoms with van der Waals surface area (Å²) in [6.45, 7) is 0. The first-order valence-electron chi connectivity index (χ1n) is 7.67. The highest BCUT2D eigenvalue weighted by Crippen LogP contribution is 2.34. The minimum absolute atomic E-state index is 0.0922. The zero-order valence-corrected chi connectivity index (χ0v) is 16.9. The first-order chi connectivity index (χ1) is 12.9. The van der Waals surface area contributed by atoms with Crippen molar-refractivity contribution in [3.63, 3.8) is 0 Å². The van der Waals surface area contributed by atoms with Gasteiger partial charge in [-0.25, -0.2) is 4.79 Å². The van der Waals surface area contributed by atoms with E-state index in [-0.39, 0.29) is 28.7 Å². The maximum Gasteiger partial charge on any atom is 0.337 e. The summed E-state index contributed by atoms with van der Waals surface area (Å²) in [6, 6.07) is 7.91. The van der Waals surface area contributed by atoms with Crippen molar-refractivity contribution >= 4 is 52.5 Å². The van der Waals surface area contributed by atoms with E-state index in [1.807, 2.05) is 0 Å². The third kappa shape index (κ3) is 5.45. The van der Waals surface area contributed by atoms with E-state index in [1.54, 1.807) is 18.2 Å². The number of rotatable bonds is 8. The number of carbonyl (C=O) groups excluding carboxylic acids is 1. The molecule has 0 unspecified atom stereocenters. The molecule has 2 aromatic carbocycles. The highest BCUT2D eigenvalue weighted by Gasteiger charge is 2.18. The van der Waals surface area contributed by atoms with E-state index in [0.717, 1.165) is 5.56 Å². The molecule has 0 radical (unpaired) electrons. The molecule has 0 aliphatic heterocycles. The zero-order valence-electron chi connectivity index (χ0n) is 14.5. The van der Waals surface area contributed by atoms with Crippen LogP contribution in [0.5, 0.6) is 11.5 Å². The minimum Gasteiger partial charge on any atom is -0.493 e. The first-order valence-corrected chi connectivity index (χ1v) is 9.58. The predicted molar refractivity (Wildman–Crippen MR) is 108 cm³/mol. The molecular formula is C18H17Cl2NO5S. The zero-order chi connectivity index (χ0) is 20.0. The summed E-state index contributed by atoms with van der Waals surface area (Å²) in [5, 5.41) is 13.0. The van der Waals surface area contributed by atoms with Crippen LogP contribution in [0.4, 0.5) is 5.69 Å². The Kier molecular flexibility index (Phi) is 7.65. The molecule has 0 fully saturated rings. The lowest BCUT2D eigenvalue weighted by Gasteiger charge is -2.14. The maximum absolute atomic E-state index is 12.2. The van der Waals surface area contributed by atoms with E-state index < -0.39 is 5.97 Å². The van der Waals surface area contributed by atoms with Gasteiger partial charge >= 0.3 is 5.97 Å². The Balaban J connectivity index is 2.07. The lowest BCUT2D eigenvalue weighted by molar-refractivity contribution is -0.113. The number of hydrogen-bond donors (Lipinski definition) is 2. The van der Waals surface area contributed by atoms with Gasteiger partial charge in [-0.3, -0.25) is 4.79 Å². The predicted octanol–water partition coefficient (Wildman–Crippen LogP) is 4.58. The lowest BCUT2D eigenvalue weighted by atomic mass is 10.1. The topological polar surface area (TPSA) is 84.9 Å². The van der Waals surface area contributed by atoms with Crippen molar-refractivity contribution in [2.75, 3.05) is 25.3 Å². The number of nitrogens with one attached hydrogen (secondary N) is 1. The highest BCUT2D eigenvalue weighted by molar-refractivity contribution is 7.99. The molecule has 0 aromatic heterocycles. The van der Waals surface area contributed by atoms with Crippen LogP contribution in [0, 0.1) is 0 Å². The Morgan fingerprint density at radius 3 is 2.26 bits per heavy atom. The Labute approximate surface area is 170 Å². The van der Waals surface area contributed by atoms with Crippen LogP contribution < -0.4 is 14.8 Å². The molecule has 2 N–H and O–H groups in total. The Hall–Kier alpha value is -2.09. The summed E-state index contributed by atoms with van der Waals surface area (Å²) < 4.78 is 10.2. The number of ether oxygens (including phenoxy) is 2. The van der Waals surface area contributed by atoms with Crippen LogP contribution in [0.3, 0.4) is 0 Å². The van der Waals surface area contributed by atoms with Gasteiger partial charge in [-0.15, -0.1) is 11.8 Å². The van der Waals surface area contributed by atoms with E-state index in [0.29, 0.717) is 21.5 Å². The summed E-state index contributed by atoms with van der Waals surface area (Å²) in [6.07, 6.45) is 0. The number of methoxy groups -OCH3 is 2. The highest BCUT2D eigenvalue weighted by atomic mass is 35.5. The van der Waals surface area contributed by atoms with Crippen molar-refractivity contribution in [1.82, 2.24) is 0 Å². The largest absolute Gasteiger partial charge is 0.493 e. The molecule has 9 heteroatoms. The van der Waals surface area contributed by atoms with Gasteiger partial charge in [0.2, 0.25) is 5.91 Å². The van der Waals surface area contributed by atoms with Gasteiger partial charge < -0.3 is 19.9 Å². The van der Waals surface area contributed by atoms with Gasteiger partial charge in [0.15, 0.2) is 11.5 Å². The average molecular weight is 430 g/mol. The van der Waals surface area contributed by atoms with Crippen molar-refractivity contribution < 1.29 is 24.2 Å². The normalized spacial score (nSPS) is 10.4. The van der Waals surface area contributed by atoms with Crippen LogP contribution in [-0.2, 0) is 10.5 Å². The second-order valence-electron chi connectivity index (χ2n) is 5.30. The number of anilines is 1. The van der Waals surface area contributed by atoms with Gasteiger partial charge in [-0.1, -0.05) is 29.3 Å². The smallest absolute Gasteiger partial charge is 0.337 e. The number of thioether (sulfide) groups is 1. The maximum atomic E-state index is 12.2. The molecule has 0 atom stereocenters. The van der Waals surface area contributed by atoms with Crippen molar-refractivity contribution in [2.24, 2.45) is 0 Å². The first kappa shape index (κ1) is 21.2. The molecule has 0 spiro atoms. The van der Waals surface area contributed by atoms with E-state index in [2.05, 4.69) is 5.32 Å². The van der Waals surface area contributed by atoms with Gasteiger partial charge in [0, 0.05) is 27.9 Å². The quantitative estimate of drug-likeness (QED) is 0.638. The van der Waals surface area contributed by atoms with Crippen molar-refractivity contribution in [2.45, 2.75) is 5.75 Å². The third-order valence-electron chi connectivity index (χ3n) is 3.57. The number of amides is 1. The van der Waals surface area contributed by atoms with Crippen molar-refractivity contribution in [3.8, 4) is 11.5 Å². The summed E-state index contributed by atoms with van der Waals surface area (Å²) in [5.74, 6) is -0.443. The molecule has 0 saturated heterocycles. The van der Waals surface area contributed by atoms with Crippen LogP contribution in [0.15, 0.2) is 30.3 Å². The molecule has 0 aliphatic rings. The second-order valence-corrected chi connectivity index (χ2v) is 7.10. The number of hydrogen-bond acceptors (Lipinski definition) is 5. The molecule has 144 valence electrons. The second kappa shape index (κ2) is 9.73. The number of benzene rings is 2. The van der Waals surface area contributed by atoms with Gasteiger partial charge in [0.25, 0.3) is 0 Å². The van der Waals surface area contributed by atoms with Crippen LogP contribution in [0.2, 0.25) is 10.0 Å². The van der Waals surface area contributed by atoms with Crippen LogP contribution in [0.1, 0.15) is 15.9 Å². The van der Waals surface area contributed by atoms with Crippen molar-refractivity contribution in [3.05, 3.63) is 51.5 Å². The van der Waals surface area contributed by atoms with Crippen LogP contribution >= 0.6 is 35.0 Å². The average Bonchev–Trinajstić information content (AvgIpc) is 2.63. The van der Waals surface area contributed by atoms with Crippen LogP contribution in [0.25, 0.3) is 0 Å². The number of aromatic carboxylic acids is 1. The standard InChI is InChI=1S/C18H17Cl2NO5S/c1-25-15-6-10(18(23)24)14(7-16(15)26-2)21-17(22)9-27-8-11-12(19)4-3-5-13(11)20/h3-7H,8-9H2,1-2H3,(H,21,22)(H,23,24). The number of carboxylic acid groups (broad SMARTS) is 1. The van der Waals surface area contributed by atoms with E-state index in [1.165, 1.54) is 38.1 Å². The van der Waals surface area contributed by atoms with Gasteiger partial charge in [-0.05, 0) is 17.7 Å². The van der Waals surface area contributed by atoms with Gasteiger partial charge in [-0.2, -0.15) is 0 Å². The van der Waals surface area contributed by atoms with Gasteiger partial charge in [0.1, 0.15) is 0 Å². The van der Waals surface area contributed by atoms with Crippen LogP contribution in [-0.4, -0.2) is 37.0 Å². The van der Waals surface area contributed by atoms with Gasteiger partial charge in [0.05, 0.1) is 31.2 Å². The fourth-order valence-electron chi connectivity index (χ4n) is 2.26. The monoisotopic (exact) mass is 429 g/mol. The minimum atomic E-state index is -1.19. The summed E-state index contributed by atoms with van der Waals surface area (Å²) >= 11 is 13.5. The van der Waals surface area contributed by atoms with Crippen molar-refractivity contribution in [1.29, 1.82) is 0 Å². The Bertz CT molecular complexity index is 840. The Morgan fingerprint density at radius 1 is 1.11 bits per heavy atom. The summed E-state index contributed by atoms with van der Waals surface area (Å²) in [5.41, 5.74) is 0.776. The fourth-order valence-corrected chi connectivity index (χ4v) is 3.83. The molecule has 2 aromatic rings. The molecule has 2 rings (SSSR count). The van der Waals surface area contributed by atoms with E-state index in [9.17, 15) is 14.7 Å². The molecule has 0 heterocycles. The third-order valence-corrected chi connectivity index (χ3v) is 5.24. The Morgan fingerprint density at radius 2 is 1.70 bits per heavy atom. The molecule has 6 nitrogen and oxygen atoms in total. The SMILES string of the molecule is COc1cc(NC(=O)CSCc2c(Cl)cccc2Cl)c(C(=O)O)cc1OC. The number of carboxylic acids is 1. The summed E-state index contributed by atoms with van der Waals surface area (Å²) in [7, 11) is 2.82. The fraction of sp³-hybridized carbons (Fsp3) is 0.222.